The van der Waals surface area contributed by atoms with Gasteiger partial charge in [-0.3, -0.25) is 4.79 Å². The highest BCUT2D eigenvalue weighted by atomic mass is 16.5. The molecule has 2 aromatic carbocycles. The van der Waals surface area contributed by atoms with E-state index in [-0.39, 0.29) is 6.10 Å². The summed E-state index contributed by atoms with van der Waals surface area (Å²) in [5.74, 6) is 2.26. The largest absolute Gasteiger partial charge is 0.485 e. The molecule has 0 radical (unpaired) electrons. The average molecular weight is 266 g/mol. The van der Waals surface area contributed by atoms with Crippen LogP contribution < -0.4 is 9.47 Å². The van der Waals surface area contributed by atoms with Gasteiger partial charge in [-0.2, -0.15) is 0 Å². The van der Waals surface area contributed by atoms with Gasteiger partial charge in [-0.15, -0.1) is 0 Å². The molecule has 0 saturated heterocycles. The number of para-hydroxylation sites is 1. The van der Waals surface area contributed by atoms with Crippen molar-refractivity contribution in [3.63, 3.8) is 0 Å². The molecule has 1 unspecified atom stereocenters. The minimum atomic E-state index is -0.208. The van der Waals surface area contributed by atoms with E-state index in [1.807, 2.05) is 61.5 Å². The van der Waals surface area contributed by atoms with E-state index in [2.05, 4.69) is 0 Å². The molecule has 0 aromatic heterocycles. The second-order valence-corrected chi connectivity index (χ2v) is 4.64. The fourth-order valence-corrected chi connectivity index (χ4v) is 2.12. The number of fused-ring (bicyclic) bond motifs is 1. The Kier molecular flexibility index (Phi) is 3.25. The van der Waals surface area contributed by atoms with Crippen molar-refractivity contribution in [2.75, 3.05) is 0 Å². The molecule has 0 fully saturated rings. The molecule has 3 nitrogen and oxygen atoms in total. The maximum atomic E-state index is 11.0. The highest BCUT2D eigenvalue weighted by molar-refractivity contribution is 5.85. The van der Waals surface area contributed by atoms with E-state index in [1.54, 1.807) is 0 Å². The second kappa shape index (κ2) is 5.21. The summed E-state index contributed by atoms with van der Waals surface area (Å²) in [5.41, 5.74) is 1.49. The summed E-state index contributed by atoms with van der Waals surface area (Å²) < 4.78 is 11.5. The molecule has 0 saturated carbocycles. The minimum Gasteiger partial charge on any atom is -0.485 e. The summed E-state index contributed by atoms with van der Waals surface area (Å²) >= 11 is 0. The van der Waals surface area contributed by atoms with Crippen molar-refractivity contribution < 1.29 is 14.3 Å². The van der Waals surface area contributed by atoms with E-state index in [9.17, 15) is 4.79 Å². The Balaban J connectivity index is 1.91. The van der Waals surface area contributed by atoms with Gasteiger partial charge in [0.05, 0.1) is 0 Å². The molecular formula is C17H14O3. The SMILES string of the molecule is CC1Oc2ccc(Oc3ccccc3)cc2C=C1C=O. The summed E-state index contributed by atoms with van der Waals surface area (Å²) in [6.07, 6.45) is 2.47. The zero-order valence-electron chi connectivity index (χ0n) is 11.1. The van der Waals surface area contributed by atoms with E-state index < -0.39 is 0 Å². The predicted molar refractivity (Wildman–Crippen MR) is 77.1 cm³/mol. The summed E-state index contributed by atoms with van der Waals surface area (Å²) in [6.45, 7) is 1.86. The topological polar surface area (TPSA) is 35.5 Å². The van der Waals surface area contributed by atoms with Crippen molar-refractivity contribution in [1.82, 2.24) is 0 Å². The molecular weight excluding hydrogens is 252 g/mol. The third-order valence-corrected chi connectivity index (χ3v) is 3.19. The molecule has 2 aromatic rings. The Morgan fingerprint density at radius 1 is 1.10 bits per heavy atom. The predicted octanol–water partition coefficient (Wildman–Crippen LogP) is 3.84. The zero-order valence-corrected chi connectivity index (χ0v) is 11.1. The maximum Gasteiger partial charge on any atom is 0.149 e. The van der Waals surface area contributed by atoms with Crippen molar-refractivity contribution in [3.8, 4) is 17.2 Å². The molecule has 0 aliphatic carbocycles. The number of benzene rings is 2. The third-order valence-electron chi connectivity index (χ3n) is 3.19. The maximum absolute atomic E-state index is 11.0. The fraction of sp³-hybridized carbons (Fsp3) is 0.118. The highest BCUT2D eigenvalue weighted by Gasteiger charge is 2.18. The van der Waals surface area contributed by atoms with Gasteiger partial charge in [-0.1, -0.05) is 18.2 Å². The molecule has 1 heterocycles. The Labute approximate surface area is 117 Å². The van der Waals surface area contributed by atoms with Crippen molar-refractivity contribution in [1.29, 1.82) is 0 Å². The van der Waals surface area contributed by atoms with Crippen LogP contribution in [0.5, 0.6) is 17.2 Å². The van der Waals surface area contributed by atoms with Crippen molar-refractivity contribution in [2.45, 2.75) is 13.0 Å². The third kappa shape index (κ3) is 2.43. The Morgan fingerprint density at radius 2 is 1.90 bits per heavy atom. The first-order valence-electron chi connectivity index (χ1n) is 6.46. The standard InChI is InChI=1S/C17H14O3/c1-12-14(11-18)9-13-10-16(7-8-17(13)19-12)20-15-5-3-2-4-6-15/h2-12H,1H3. The quantitative estimate of drug-likeness (QED) is 0.792. The zero-order chi connectivity index (χ0) is 13.9. The smallest absolute Gasteiger partial charge is 0.149 e. The van der Waals surface area contributed by atoms with Gasteiger partial charge in [0.2, 0.25) is 0 Å². The number of aldehydes is 1. The molecule has 0 spiro atoms. The van der Waals surface area contributed by atoms with Crippen LogP contribution in [-0.4, -0.2) is 12.4 Å². The van der Waals surface area contributed by atoms with Gasteiger partial charge in [0.1, 0.15) is 29.6 Å². The average Bonchev–Trinajstić information content (AvgIpc) is 2.48. The van der Waals surface area contributed by atoms with Crippen molar-refractivity contribution in [3.05, 3.63) is 59.7 Å². The van der Waals surface area contributed by atoms with Crippen LogP contribution in [0, 0.1) is 0 Å². The minimum absolute atomic E-state index is 0.208. The van der Waals surface area contributed by atoms with Crippen LogP contribution in [0.25, 0.3) is 6.08 Å². The molecule has 0 N–H and O–H groups in total. The number of ether oxygens (including phenoxy) is 2. The van der Waals surface area contributed by atoms with Gasteiger partial charge in [0, 0.05) is 11.1 Å². The normalized spacial score (nSPS) is 16.6. The first kappa shape index (κ1) is 12.5. The van der Waals surface area contributed by atoms with Gasteiger partial charge in [-0.05, 0) is 43.3 Å². The second-order valence-electron chi connectivity index (χ2n) is 4.64. The molecule has 100 valence electrons. The highest BCUT2D eigenvalue weighted by Crippen LogP contribution is 2.33. The van der Waals surface area contributed by atoms with Gasteiger partial charge in [0.25, 0.3) is 0 Å². The molecule has 1 atom stereocenters. The van der Waals surface area contributed by atoms with Crippen LogP contribution >= 0.6 is 0 Å². The Bertz CT molecular complexity index is 659. The number of hydrogen-bond acceptors (Lipinski definition) is 3. The number of carbonyl (C=O) groups is 1. The monoisotopic (exact) mass is 266 g/mol. The molecule has 0 amide bonds. The molecule has 1 aliphatic rings. The molecule has 3 heteroatoms. The van der Waals surface area contributed by atoms with E-state index in [0.717, 1.165) is 29.1 Å². The summed E-state index contributed by atoms with van der Waals surface area (Å²) in [7, 11) is 0. The first-order valence-corrected chi connectivity index (χ1v) is 6.46. The molecule has 0 bridgehead atoms. The van der Waals surface area contributed by atoms with Crippen molar-refractivity contribution in [2.24, 2.45) is 0 Å². The lowest BCUT2D eigenvalue weighted by Gasteiger charge is -2.22. The summed E-state index contributed by atoms with van der Waals surface area (Å²) in [5, 5.41) is 0. The summed E-state index contributed by atoms with van der Waals surface area (Å²) in [4.78, 5) is 11.0. The lowest BCUT2D eigenvalue weighted by Crippen LogP contribution is -2.19. The van der Waals surface area contributed by atoms with Crippen LogP contribution in [0.2, 0.25) is 0 Å². The molecule has 1 aliphatic heterocycles. The van der Waals surface area contributed by atoms with Crippen LogP contribution in [0.4, 0.5) is 0 Å². The number of carbonyl (C=O) groups excluding carboxylic acids is 1. The van der Waals surface area contributed by atoms with E-state index in [0.29, 0.717) is 5.57 Å². The van der Waals surface area contributed by atoms with E-state index >= 15 is 0 Å². The molecule has 20 heavy (non-hydrogen) atoms. The van der Waals surface area contributed by atoms with Crippen LogP contribution in [0.3, 0.4) is 0 Å². The first-order chi connectivity index (χ1) is 9.76. The summed E-state index contributed by atoms with van der Waals surface area (Å²) in [6, 6.07) is 15.2. The lowest BCUT2D eigenvalue weighted by atomic mass is 10.0. The van der Waals surface area contributed by atoms with Gasteiger partial charge >= 0.3 is 0 Å². The van der Waals surface area contributed by atoms with Crippen LogP contribution in [-0.2, 0) is 4.79 Å². The van der Waals surface area contributed by atoms with Gasteiger partial charge in [-0.25, -0.2) is 0 Å². The lowest BCUT2D eigenvalue weighted by molar-refractivity contribution is -0.105. The fourth-order valence-electron chi connectivity index (χ4n) is 2.12. The molecule has 3 rings (SSSR count). The van der Waals surface area contributed by atoms with E-state index in [1.165, 1.54) is 0 Å². The van der Waals surface area contributed by atoms with Crippen LogP contribution in [0.15, 0.2) is 54.1 Å². The van der Waals surface area contributed by atoms with Crippen molar-refractivity contribution >= 4 is 12.4 Å². The Hall–Kier alpha value is -2.55. The number of rotatable bonds is 3. The van der Waals surface area contributed by atoms with E-state index in [4.69, 9.17) is 9.47 Å². The van der Waals surface area contributed by atoms with Crippen LogP contribution in [0.1, 0.15) is 12.5 Å². The Morgan fingerprint density at radius 3 is 2.65 bits per heavy atom. The number of hydrogen-bond donors (Lipinski definition) is 0. The van der Waals surface area contributed by atoms with Gasteiger partial charge < -0.3 is 9.47 Å². The van der Waals surface area contributed by atoms with Gasteiger partial charge in [0.15, 0.2) is 0 Å².